The molecular formula is C8H14O5. The highest BCUT2D eigenvalue weighted by Gasteiger charge is 2.11. The number of aliphatic hydroxyl groups is 2. The first-order valence-electron chi connectivity index (χ1n) is 3.90. The van der Waals surface area contributed by atoms with Crippen LogP contribution in [0.1, 0.15) is 13.8 Å². The fourth-order valence-electron chi connectivity index (χ4n) is 0.510. The van der Waals surface area contributed by atoms with Gasteiger partial charge >= 0.3 is 5.97 Å². The summed E-state index contributed by atoms with van der Waals surface area (Å²) in [5.41, 5.74) is 0.231. The van der Waals surface area contributed by atoms with Crippen LogP contribution in [0.25, 0.3) is 0 Å². The number of carbonyl (C=O) groups excluding carboxylic acids is 1. The molecule has 0 spiro atoms. The Morgan fingerprint density at radius 1 is 1.62 bits per heavy atom. The number of aliphatic hydroxyl groups excluding tert-OH is 2. The molecule has 5 heteroatoms. The molecule has 5 nitrogen and oxygen atoms in total. The minimum atomic E-state index is -1.47. The second-order valence-electron chi connectivity index (χ2n) is 2.30. The van der Waals surface area contributed by atoms with Crippen molar-refractivity contribution in [3.05, 3.63) is 11.8 Å². The highest BCUT2D eigenvalue weighted by Crippen LogP contribution is 1.99. The van der Waals surface area contributed by atoms with E-state index in [0.717, 1.165) is 0 Å². The average Bonchev–Trinajstić information content (AvgIpc) is 2.13. The van der Waals surface area contributed by atoms with E-state index >= 15 is 0 Å². The van der Waals surface area contributed by atoms with Crippen LogP contribution in [0.15, 0.2) is 11.8 Å². The van der Waals surface area contributed by atoms with E-state index in [-0.39, 0.29) is 5.57 Å². The molecule has 1 atom stereocenters. The first-order valence-corrected chi connectivity index (χ1v) is 3.90. The molecule has 0 fully saturated rings. The van der Waals surface area contributed by atoms with E-state index < -0.39 is 18.9 Å². The van der Waals surface area contributed by atoms with Crippen molar-refractivity contribution in [3.63, 3.8) is 0 Å². The molecule has 76 valence electrons. The Morgan fingerprint density at radius 2 is 2.23 bits per heavy atom. The zero-order valence-corrected chi connectivity index (χ0v) is 7.69. The number of ether oxygens (including phenoxy) is 2. The van der Waals surface area contributed by atoms with E-state index in [1.807, 2.05) is 0 Å². The Morgan fingerprint density at radius 3 is 2.69 bits per heavy atom. The molecule has 13 heavy (non-hydrogen) atoms. The maximum absolute atomic E-state index is 11.0. The molecule has 1 unspecified atom stereocenters. The van der Waals surface area contributed by atoms with E-state index in [4.69, 9.17) is 14.9 Å². The van der Waals surface area contributed by atoms with E-state index in [1.165, 1.54) is 13.2 Å². The van der Waals surface area contributed by atoms with Gasteiger partial charge in [-0.05, 0) is 13.8 Å². The van der Waals surface area contributed by atoms with Gasteiger partial charge in [-0.3, -0.25) is 0 Å². The summed E-state index contributed by atoms with van der Waals surface area (Å²) in [7, 11) is 0. The Hall–Kier alpha value is -1.07. The van der Waals surface area contributed by atoms with E-state index in [9.17, 15) is 4.79 Å². The van der Waals surface area contributed by atoms with Gasteiger partial charge in [0, 0.05) is 0 Å². The van der Waals surface area contributed by atoms with Crippen molar-refractivity contribution in [3.8, 4) is 0 Å². The second kappa shape index (κ2) is 6.45. The molecule has 0 aromatic rings. The molecule has 0 aromatic carbocycles. The molecule has 0 amide bonds. The normalized spacial score (nSPS) is 13.7. The van der Waals surface area contributed by atoms with Gasteiger partial charge in [0.2, 0.25) is 6.29 Å². The highest BCUT2D eigenvalue weighted by atomic mass is 16.6. The van der Waals surface area contributed by atoms with Crippen molar-refractivity contribution in [2.75, 3.05) is 13.2 Å². The topological polar surface area (TPSA) is 76.0 Å². The predicted molar refractivity (Wildman–Crippen MR) is 44.6 cm³/mol. The first-order chi connectivity index (χ1) is 6.11. The van der Waals surface area contributed by atoms with Gasteiger partial charge in [0.15, 0.2) is 0 Å². The van der Waals surface area contributed by atoms with Crippen molar-refractivity contribution in [2.45, 2.75) is 20.1 Å². The van der Waals surface area contributed by atoms with Crippen LogP contribution < -0.4 is 0 Å². The zero-order chi connectivity index (χ0) is 10.3. The standard InChI is InChI=1S/C8H14O5/c1-3-12-5-6(2)8(11)13-7(10)4-9/h5,7,9-10H,3-4H2,1-2H3. The summed E-state index contributed by atoms with van der Waals surface area (Å²) in [6.07, 6.45) is -0.232. The molecule has 0 aliphatic carbocycles. The molecule has 0 aliphatic heterocycles. The van der Waals surface area contributed by atoms with Crippen LogP contribution in [-0.2, 0) is 14.3 Å². The maximum atomic E-state index is 11.0. The lowest BCUT2D eigenvalue weighted by molar-refractivity contribution is -0.168. The predicted octanol–water partition coefficient (Wildman–Crippen LogP) is -0.219. The quantitative estimate of drug-likeness (QED) is 0.271. The third-order valence-electron chi connectivity index (χ3n) is 1.15. The summed E-state index contributed by atoms with van der Waals surface area (Å²) < 4.78 is 9.20. The van der Waals surface area contributed by atoms with E-state index in [1.54, 1.807) is 6.92 Å². The van der Waals surface area contributed by atoms with Crippen LogP contribution in [0.3, 0.4) is 0 Å². The minimum absolute atomic E-state index is 0.231. The molecule has 0 heterocycles. The van der Waals surface area contributed by atoms with Gasteiger partial charge < -0.3 is 19.7 Å². The fourth-order valence-corrected chi connectivity index (χ4v) is 0.510. The van der Waals surface area contributed by atoms with Gasteiger partial charge in [-0.25, -0.2) is 4.79 Å². The lowest BCUT2D eigenvalue weighted by atomic mass is 10.3. The number of rotatable bonds is 5. The summed E-state index contributed by atoms with van der Waals surface area (Å²) in [4.78, 5) is 11.0. The van der Waals surface area contributed by atoms with Crippen LogP contribution in [-0.4, -0.2) is 35.7 Å². The third-order valence-corrected chi connectivity index (χ3v) is 1.15. The van der Waals surface area contributed by atoms with Crippen molar-refractivity contribution in [1.82, 2.24) is 0 Å². The first kappa shape index (κ1) is 11.9. The Labute approximate surface area is 76.6 Å². The van der Waals surface area contributed by atoms with Crippen molar-refractivity contribution >= 4 is 5.97 Å². The third kappa shape index (κ3) is 5.21. The van der Waals surface area contributed by atoms with Crippen LogP contribution in [0.5, 0.6) is 0 Å². The fraction of sp³-hybridized carbons (Fsp3) is 0.625. The Kier molecular flexibility index (Phi) is 5.92. The number of carbonyl (C=O) groups is 1. The summed E-state index contributed by atoms with van der Waals surface area (Å²) in [5, 5.41) is 17.1. The summed E-state index contributed by atoms with van der Waals surface area (Å²) >= 11 is 0. The highest BCUT2D eigenvalue weighted by molar-refractivity contribution is 5.87. The minimum Gasteiger partial charge on any atom is -0.501 e. The smallest absolute Gasteiger partial charge is 0.339 e. The maximum Gasteiger partial charge on any atom is 0.339 e. The molecular weight excluding hydrogens is 176 g/mol. The average molecular weight is 190 g/mol. The number of esters is 1. The molecule has 0 aromatic heterocycles. The lowest BCUT2D eigenvalue weighted by Crippen LogP contribution is -2.21. The summed E-state index contributed by atoms with van der Waals surface area (Å²) in [6, 6.07) is 0. The van der Waals surface area contributed by atoms with E-state index in [0.29, 0.717) is 6.61 Å². The summed E-state index contributed by atoms with van der Waals surface area (Å²) in [5.74, 6) is -0.713. The van der Waals surface area contributed by atoms with Gasteiger partial charge in [0.1, 0.15) is 6.61 Å². The van der Waals surface area contributed by atoms with Crippen molar-refractivity contribution in [2.24, 2.45) is 0 Å². The second-order valence-corrected chi connectivity index (χ2v) is 2.30. The van der Waals surface area contributed by atoms with Gasteiger partial charge in [0.05, 0.1) is 18.4 Å². The number of hydrogen-bond donors (Lipinski definition) is 2. The zero-order valence-electron chi connectivity index (χ0n) is 7.69. The summed E-state index contributed by atoms with van der Waals surface area (Å²) in [6.45, 7) is 3.10. The van der Waals surface area contributed by atoms with Crippen LogP contribution in [0, 0.1) is 0 Å². The van der Waals surface area contributed by atoms with Crippen LogP contribution in [0.2, 0.25) is 0 Å². The molecule has 0 rings (SSSR count). The van der Waals surface area contributed by atoms with E-state index in [2.05, 4.69) is 4.74 Å². The van der Waals surface area contributed by atoms with Gasteiger partial charge in [-0.2, -0.15) is 0 Å². The number of hydrogen-bond acceptors (Lipinski definition) is 5. The molecule has 0 saturated heterocycles. The van der Waals surface area contributed by atoms with Gasteiger partial charge in [-0.15, -0.1) is 0 Å². The van der Waals surface area contributed by atoms with Crippen molar-refractivity contribution < 1.29 is 24.5 Å². The van der Waals surface area contributed by atoms with Gasteiger partial charge in [0.25, 0.3) is 0 Å². The monoisotopic (exact) mass is 190 g/mol. The Balaban J connectivity index is 3.95. The molecule has 2 N–H and O–H groups in total. The Bertz CT molecular complexity index is 187. The van der Waals surface area contributed by atoms with Crippen LogP contribution >= 0.6 is 0 Å². The van der Waals surface area contributed by atoms with Crippen molar-refractivity contribution in [1.29, 1.82) is 0 Å². The molecule has 0 bridgehead atoms. The molecule has 0 aliphatic rings. The largest absolute Gasteiger partial charge is 0.501 e. The van der Waals surface area contributed by atoms with Crippen LogP contribution in [0.4, 0.5) is 0 Å². The SMILES string of the molecule is CCOC=C(C)C(=O)OC(O)CO. The molecule has 0 saturated carbocycles. The lowest BCUT2D eigenvalue weighted by Gasteiger charge is -2.08. The van der Waals surface area contributed by atoms with Gasteiger partial charge in [-0.1, -0.05) is 0 Å². The molecule has 0 radical (unpaired) electrons.